The van der Waals surface area contributed by atoms with Crippen LogP contribution in [0.4, 0.5) is 8.78 Å². The molecular weight excluding hydrogens is 345 g/mol. The number of nitrogens with zero attached hydrogens (tertiary/aromatic N) is 2. The van der Waals surface area contributed by atoms with Crippen molar-refractivity contribution in [3.05, 3.63) is 45.1 Å². The second-order valence-corrected chi connectivity index (χ2v) is 4.82. The molecule has 0 spiro atoms. The molecule has 1 aromatic heterocycles. The van der Waals surface area contributed by atoms with E-state index in [1.165, 1.54) is 0 Å². The second kappa shape index (κ2) is 5.26. The first-order valence-electron chi connectivity index (χ1n) is 4.97. The zero-order chi connectivity index (χ0) is 14.2. The minimum atomic E-state index is -3.01. The summed E-state index contributed by atoms with van der Waals surface area (Å²) in [5, 5.41) is 12.1. The Labute approximate surface area is 119 Å². The van der Waals surface area contributed by atoms with Gasteiger partial charge in [0.2, 0.25) is 0 Å². The lowest BCUT2D eigenvalue weighted by Crippen LogP contribution is -2.00. The Bertz CT molecular complexity index is 628. The molecule has 4 nitrogen and oxygen atoms in total. The fraction of sp³-hybridized carbons (Fsp3) is 0.0909. The normalized spacial score (nSPS) is 11.0. The van der Waals surface area contributed by atoms with Gasteiger partial charge in [-0.2, -0.15) is 5.10 Å². The average Bonchev–Trinajstić information content (AvgIpc) is 2.68. The van der Waals surface area contributed by atoms with Crippen LogP contribution in [0.5, 0.6) is 0 Å². The second-order valence-electron chi connectivity index (χ2n) is 3.55. The molecule has 0 aliphatic rings. The Morgan fingerprint density at radius 2 is 1.95 bits per heavy atom. The fourth-order valence-electron chi connectivity index (χ4n) is 1.52. The van der Waals surface area contributed by atoms with E-state index in [0.29, 0.717) is 5.69 Å². The first-order valence-corrected chi connectivity index (χ1v) is 6.14. The molecule has 0 radical (unpaired) electrons. The van der Waals surface area contributed by atoms with Gasteiger partial charge in [-0.3, -0.25) is 0 Å². The number of alkyl halides is 2. The predicted octanol–water partition coefficient (Wildman–Crippen LogP) is 3.92. The van der Waals surface area contributed by atoms with Crippen LogP contribution in [-0.4, -0.2) is 20.9 Å². The summed E-state index contributed by atoms with van der Waals surface area (Å²) in [6.45, 7) is 0. The van der Waals surface area contributed by atoms with Gasteiger partial charge in [-0.25, -0.2) is 18.3 Å². The molecule has 0 bridgehead atoms. The Morgan fingerprint density at radius 1 is 1.37 bits per heavy atom. The van der Waals surface area contributed by atoms with Crippen molar-refractivity contribution < 1.29 is 18.7 Å². The Morgan fingerprint density at radius 3 is 2.37 bits per heavy atom. The monoisotopic (exact) mass is 350 g/mol. The summed E-state index contributed by atoms with van der Waals surface area (Å²) in [6, 6.07) is 6.47. The number of carboxylic acid groups (broad SMARTS) is 1. The van der Waals surface area contributed by atoms with Crippen LogP contribution in [0, 0.1) is 0 Å². The number of benzene rings is 1. The summed E-state index contributed by atoms with van der Waals surface area (Å²) in [4.78, 5) is 11.0. The van der Waals surface area contributed by atoms with Crippen molar-refractivity contribution in [2.24, 2.45) is 0 Å². The molecule has 0 unspecified atom stereocenters. The van der Waals surface area contributed by atoms with Gasteiger partial charge in [-0.1, -0.05) is 27.5 Å². The largest absolute Gasteiger partial charge is 0.478 e. The third-order valence-electron chi connectivity index (χ3n) is 2.35. The van der Waals surface area contributed by atoms with Crippen LogP contribution >= 0.6 is 27.5 Å². The van der Waals surface area contributed by atoms with Crippen molar-refractivity contribution in [1.82, 2.24) is 9.78 Å². The predicted molar refractivity (Wildman–Crippen MR) is 68.2 cm³/mol. The minimum Gasteiger partial charge on any atom is -0.478 e. The quantitative estimate of drug-likeness (QED) is 0.912. The summed E-state index contributed by atoms with van der Waals surface area (Å²) in [5.74, 6) is -1.54. The summed E-state index contributed by atoms with van der Waals surface area (Å²) in [7, 11) is 0. The summed E-state index contributed by atoms with van der Waals surface area (Å²) in [6.07, 6.45) is -3.01. The molecular formula is C11H6BrClF2N2O2. The molecule has 0 aliphatic heterocycles. The summed E-state index contributed by atoms with van der Waals surface area (Å²) in [5.41, 5.74) is -1.14. The maximum atomic E-state index is 12.8. The van der Waals surface area contributed by atoms with Crippen LogP contribution in [-0.2, 0) is 0 Å². The highest BCUT2D eigenvalue weighted by Crippen LogP contribution is 2.30. The van der Waals surface area contributed by atoms with Gasteiger partial charge in [0.15, 0.2) is 0 Å². The van der Waals surface area contributed by atoms with E-state index in [4.69, 9.17) is 16.7 Å². The van der Waals surface area contributed by atoms with Gasteiger partial charge >= 0.3 is 5.97 Å². The molecule has 19 heavy (non-hydrogen) atoms. The van der Waals surface area contributed by atoms with Crippen molar-refractivity contribution >= 4 is 33.5 Å². The molecule has 1 aromatic carbocycles. The number of carboxylic acids is 1. The van der Waals surface area contributed by atoms with Gasteiger partial charge in [-0.05, 0) is 24.3 Å². The van der Waals surface area contributed by atoms with Crippen molar-refractivity contribution in [1.29, 1.82) is 0 Å². The van der Waals surface area contributed by atoms with E-state index in [1.54, 1.807) is 24.3 Å². The maximum absolute atomic E-state index is 12.8. The van der Waals surface area contributed by atoms with E-state index >= 15 is 0 Å². The van der Waals surface area contributed by atoms with Crippen molar-refractivity contribution in [2.75, 3.05) is 0 Å². The SMILES string of the molecule is O=C(O)c1c(C(F)F)nn(-c2ccc(Br)cc2)c1Cl. The lowest BCUT2D eigenvalue weighted by atomic mass is 10.2. The molecule has 0 saturated carbocycles. The third-order valence-corrected chi connectivity index (χ3v) is 3.23. The number of aromatic nitrogens is 2. The van der Waals surface area contributed by atoms with Gasteiger partial charge < -0.3 is 5.11 Å². The van der Waals surface area contributed by atoms with Crippen LogP contribution in [0.3, 0.4) is 0 Å². The van der Waals surface area contributed by atoms with E-state index in [9.17, 15) is 13.6 Å². The van der Waals surface area contributed by atoms with E-state index < -0.39 is 23.7 Å². The lowest BCUT2D eigenvalue weighted by Gasteiger charge is -2.02. The number of aromatic carboxylic acids is 1. The van der Waals surface area contributed by atoms with E-state index in [-0.39, 0.29) is 5.15 Å². The number of hydrogen-bond donors (Lipinski definition) is 1. The molecule has 1 heterocycles. The molecule has 2 rings (SSSR count). The standard InChI is InChI=1S/C11H6BrClF2N2O2/c12-5-1-3-6(4-2-5)17-9(13)7(11(18)19)8(16-17)10(14)15/h1-4,10H,(H,18,19). The number of hydrogen-bond acceptors (Lipinski definition) is 2. The van der Waals surface area contributed by atoms with Crippen LogP contribution < -0.4 is 0 Å². The molecule has 2 aromatic rings. The zero-order valence-electron chi connectivity index (χ0n) is 9.15. The first-order chi connectivity index (χ1) is 8.91. The fourth-order valence-corrected chi connectivity index (χ4v) is 2.09. The third kappa shape index (κ3) is 2.62. The number of rotatable bonds is 3. The van der Waals surface area contributed by atoms with Crippen LogP contribution in [0.25, 0.3) is 5.69 Å². The number of carbonyl (C=O) groups is 1. The van der Waals surface area contributed by atoms with Gasteiger partial charge in [0.25, 0.3) is 6.43 Å². The van der Waals surface area contributed by atoms with E-state index in [2.05, 4.69) is 21.0 Å². The molecule has 0 saturated heterocycles. The molecule has 1 N–H and O–H groups in total. The topological polar surface area (TPSA) is 55.1 Å². The molecule has 0 aliphatic carbocycles. The van der Waals surface area contributed by atoms with E-state index in [0.717, 1.165) is 9.15 Å². The molecule has 100 valence electrons. The smallest absolute Gasteiger partial charge is 0.341 e. The van der Waals surface area contributed by atoms with Gasteiger partial charge in [0.1, 0.15) is 16.4 Å². The first kappa shape index (κ1) is 14.0. The van der Waals surface area contributed by atoms with Crippen molar-refractivity contribution in [2.45, 2.75) is 6.43 Å². The minimum absolute atomic E-state index is 0.356. The van der Waals surface area contributed by atoms with Crippen molar-refractivity contribution in [3.63, 3.8) is 0 Å². The summed E-state index contributed by atoms with van der Waals surface area (Å²) < 4.78 is 27.3. The molecule has 0 fully saturated rings. The van der Waals surface area contributed by atoms with Crippen LogP contribution in [0.1, 0.15) is 22.5 Å². The molecule has 0 amide bonds. The summed E-state index contributed by atoms with van der Waals surface area (Å²) >= 11 is 9.04. The van der Waals surface area contributed by atoms with Gasteiger partial charge in [0.05, 0.1) is 5.69 Å². The molecule has 8 heteroatoms. The van der Waals surface area contributed by atoms with Gasteiger partial charge in [0, 0.05) is 4.47 Å². The van der Waals surface area contributed by atoms with Crippen molar-refractivity contribution in [3.8, 4) is 5.69 Å². The maximum Gasteiger partial charge on any atom is 0.341 e. The van der Waals surface area contributed by atoms with E-state index in [1.807, 2.05) is 0 Å². The highest BCUT2D eigenvalue weighted by atomic mass is 79.9. The Hall–Kier alpha value is -1.47. The average molecular weight is 352 g/mol. The highest BCUT2D eigenvalue weighted by Gasteiger charge is 2.28. The zero-order valence-corrected chi connectivity index (χ0v) is 11.5. The van der Waals surface area contributed by atoms with Crippen LogP contribution in [0.2, 0.25) is 5.15 Å². The highest BCUT2D eigenvalue weighted by molar-refractivity contribution is 9.10. The molecule has 0 atom stereocenters. The Balaban J connectivity index is 2.62. The lowest BCUT2D eigenvalue weighted by molar-refractivity contribution is 0.0684. The van der Waals surface area contributed by atoms with Crippen LogP contribution in [0.15, 0.2) is 28.7 Å². The number of halogens is 4. The Kier molecular flexibility index (Phi) is 3.86. The van der Waals surface area contributed by atoms with Gasteiger partial charge in [-0.15, -0.1) is 0 Å².